The Kier molecular flexibility index (Phi) is 4.93. The normalized spacial score (nSPS) is 9.76. The molecule has 0 aliphatic rings. The monoisotopic (exact) mass is 285 g/mol. The van der Waals surface area contributed by atoms with Gasteiger partial charge in [0, 0.05) is 0 Å². The summed E-state index contributed by atoms with van der Waals surface area (Å²) in [7, 11) is 0. The lowest BCUT2D eigenvalue weighted by molar-refractivity contribution is 0.0821. The highest BCUT2D eigenvalue weighted by atomic mass is 16.7. The van der Waals surface area contributed by atoms with Gasteiger partial charge in [-0.1, -0.05) is 36.4 Å². The lowest BCUT2D eigenvalue weighted by atomic mass is 10.2. The summed E-state index contributed by atoms with van der Waals surface area (Å²) in [6.45, 7) is 1.78. The molecule has 0 bridgehead atoms. The molecule has 0 aliphatic heterocycles. The van der Waals surface area contributed by atoms with Gasteiger partial charge in [-0.3, -0.25) is 0 Å². The number of carbonyl (C=O) groups is 2. The van der Waals surface area contributed by atoms with Crippen LogP contribution >= 0.6 is 0 Å². The molecule has 5 heteroatoms. The molecule has 1 amide bonds. The second-order valence-corrected chi connectivity index (χ2v) is 4.06. The highest BCUT2D eigenvalue weighted by Gasteiger charge is 2.22. The molecular formula is C16H15NO4. The van der Waals surface area contributed by atoms with E-state index in [0.717, 1.165) is 0 Å². The van der Waals surface area contributed by atoms with E-state index < -0.39 is 12.2 Å². The van der Waals surface area contributed by atoms with Crippen molar-refractivity contribution in [3.05, 3.63) is 60.7 Å². The minimum Gasteiger partial charge on any atom is -0.434 e. The number of anilines is 2. The molecule has 0 fully saturated rings. The van der Waals surface area contributed by atoms with Crippen molar-refractivity contribution >= 4 is 23.6 Å². The van der Waals surface area contributed by atoms with Crippen LogP contribution < -0.4 is 4.90 Å². The number of para-hydroxylation sites is 2. The van der Waals surface area contributed by atoms with E-state index >= 15 is 0 Å². The molecule has 0 saturated heterocycles. The molecule has 2 aromatic carbocycles. The number of amides is 1. The number of hydrogen-bond donors (Lipinski definition) is 0. The Labute approximate surface area is 122 Å². The zero-order valence-corrected chi connectivity index (χ0v) is 11.6. The van der Waals surface area contributed by atoms with Gasteiger partial charge >= 0.3 is 12.2 Å². The quantitative estimate of drug-likeness (QED) is 0.629. The van der Waals surface area contributed by atoms with Gasteiger partial charge in [-0.25, -0.2) is 14.5 Å². The summed E-state index contributed by atoms with van der Waals surface area (Å²) in [5.41, 5.74) is 1.19. The highest BCUT2D eigenvalue weighted by Crippen LogP contribution is 2.25. The smallest absolute Gasteiger partial charge is 0.434 e. The van der Waals surface area contributed by atoms with E-state index in [-0.39, 0.29) is 6.61 Å². The van der Waals surface area contributed by atoms with Crippen molar-refractivity contribution in [1.82, 2.24) is 0 Å². The standard InChI is InChI=1S/C16H15NO4/c1-2-20-16(19)21-15(18)17(13-9-5-3-6-10-13)14-11-7-4-8-12-14/h3-12H,2H2,1H3. The highest BCUT2D eigenvalue weighted by molar-refractivity contribution is 5.99. The first-order chi connectivity index (χ1) is 10.2. The largest absolute Gasteiger partial charge is 0.517 e. The Morgan fingerprint density at radius 3 is 1.81 bits per heavy atom. The van der Waals surface area contributed by atoms with Gasteiger partial charge in [0.1, 0.15) is 0 Å². The maximum absolute atomic E-state index is 12.2. The van der Waals surface area contributed by atoms with Crippen LogP contribution in [-0.4, -0.2) is 18.9 Å². The molecule has 2 rings (SSSR count). The lowest BCUT2D eigenvalue weighted by Crippen LogP contribution is -2.29. The Balaban J connectivity index is 2.29. The predicted octanol–water partition coefficient (Wildman–Crippen LogP) is 4.12. The second-order valence-electron chi connectivity index (χ2n) is 4.06. The van der Waals surface area contributed by atoms with Crippen molar-refractivity contribution in [3.8, 4) is 0 Å². The SMILES string of the molecule is CCOC(=O)OC(=O)N(c1ccccc1)c1ccccc1. The first kappa shape index (κ1) is 14.6. The minimum absolute atomic E-state index is 0.142. The molecule has 2 aromatic rings. The van der Waals surface area contributed by atoms with Gasteiger partial charge in [0.05, 0.1) is 18.0 Å². The van der Waals surface area contributed by atoms with E-state index in [1.807, 2.05) is 12.1 Å². The fourth-order valence-electron chi connectivity index (χ4n) is 1.78. The molecule has 0 radical (unpaired) electrons. The van der Waals surface area contributed by atoms with Gasteiger partial charge in [0.2, 0.25) is 0 Å². The van der Waals surface area contributed by atoms with Gasteiger partial charge in [-0.2, -0.15) is 0 Å². The third-order valence-electron chi connectivity index (χ3n) is 2.64. The average molecular weight is 285 g/mol. The Bertz CT molecular complexity index is 559. The van der Waals surface area contributed by atoms with E-state index in [0.29, 0.717) is 11.4 Å². The van der Waals surface area contributed by atoms with E-state index in [2.05, 4.69) is 9.47 Å². The van der Waals surface area contributed by atoms with Crippen LogP contribution in [0.2, 0.25) is 0 Å². The Morgan fingerprint density at radius 2 is 1.38 bits per heavy atom. The van der Waals surface area contributed by atoms with Crippen LogP contribution in [0, 0.1) is 0 Å². The van der Waals surface area contributed by atoms with Crippen molar-refractivity contribution in [2.75, 3.05) is 11.5 Å². The van der Waals surface area contributed by atoms with Crippen molar-refractivity contribution in [1.29, 1.82) is 0 Å². The van der Waals surface area contributed by atoms with Crippen molar-refractivity contribution in [3.63, 3.8) is 0 Å². The van der Waals surface area contributed by atoms with E-state index in [9.17, 15) is 9.59 Å². The van der Waals surface area contributed by atoms with Crippen molar-refractivity contribution in [2.24, 2.45) is 0 Å². The molecule has 0 N–H and O–H groups in total. The van der Waals surface area contributed by atoms with Gasteiger partial charge < -0.3 is 9.47 Å². The van der Waals surface area contributed by atoms with Crippen molar-refractivity contribution in [2.45, 2.75) is 6.92 Å². The number of benzene rings is 2. The third kappa shape index (κ3) is 3.82. The third-order valence-corrected chi connectivity index (χ3v) is 2.64. The van der Waals surface area contributed by atoms with Gasteiger partial charge in [0.15, 0.2) is 0 Å². The van der Waals surface area contributed by atoms with Gasteiger partial charge in [0.25, 0.3) is 0 Å². The van der Waals surface area contributed by atoms with E-state index in [1.54, 1.807) is 55.5 Å². The van der Waals surface area contributed by atoms with Crippen LogP contribution in [0.25, 0.3) is 0 Å². The summed E-state index contributed by atoms with van der Waals surface area (Å²) in [5, 5.41) is 0. The molecular weight excluding hydrogens is 270 g/mol. The Hall–Kier alpha value is -2.82. The molecule has 21 heavy (non-hydrogen) atoms. The molecule has 0 aliphatic carbocycles. The molecule has 0 aromatic heterocycles. The number of rotatable bonds is 3. The number of carbonyl (C=O) groups excluding carboxylic acids is 2. The van der Waals surface area contributed by atoms with Crippen LogP contribution in [0.5, 0.6) is 0 Å². The molecule has 0 unspecified atom stereocenters. The Morgan fingerprint density at radius 1 is 0.905 bits per heavy atom. The van der Waals surface area contributed by atoms with Crippen LogP contribution in [0.1, 0.15) is 6.92 Å². The summed E-state index contributed by atoms with van der Waals surface area (Å²) in [4.78, 5) is 24.9. The van der Waals surface area contributed by atoms with Crippen LogP contribution in [0.15, 0.2) is 60.7 Å². The zero-order chi connectivity index (χ0) is 15.1. The van der Waals surface area contributed by atoms with Gasteiger partial charge in [-0.05, 0) is 31.2 Å². The maximum atomic E-state index is 12.2. The summed E-state index contributed by atoms with van der Waals surface area (Å²) in [6.07, 6.45) is -1.83. The molecule has 108 valence electrons. The number of nitrogens with zero attached hydrogens (tertiary/aromatic N) is 1. The molecule has 0 spiro atoms. The van der Waals surface area contributed by atoms with Crippen LogP contribution in [0.3, 0.4) is 0 Å². The molecule has 0 saturated carbocycles. The summed E-state index contributed by atoms with van der Waals surface area (Å²) in [6, 6.07) is 17.8. The summed E-state index contributed by atoms with van der Waals surface area (Å²) in [5.74, 6) is 0. The van der Waals surface area contributed by atoms with Gasteiger partial charge in [-0.15, -0.1) is 0 Å². The topological polar surface area (TPSA) is 55.8 Å². The molecule has 0 heterocycles. The first-order valence-electron chi connectivity index (χ1n) is 6.51. The van der Waals surface area contributed by atoms with Crippen molar-refractivity contribution < 1.29 is 19.1 Å². The first-order valence-corrected chi connectivity index (χ1v) is 6.51. The average Bonchev–Trinajstić information content (AvgIpc) is 2.50. The molecule has 0 atom stereocenters. The lowest BCUT2D eigenvalue weighted by Gasteiger charge is -2.21. The second kappa shape index (κ2) is 7.09. The predicted molar refractivity (Wildman–Crippen MR) is 78.5 cm³/mol. The fourth-order valence-corrected chi connectivity index (χ4v) is 1.78. The van der Waals surface area contributed by atoms with Crippen LogP contribution in [-0.2, 0) is 9.47 Å². The molecule has 5 nitrogen and oxygen atoms in total. The zero-order valence-electron chi connectivity index (χ0n) is 11.6. The van der Waals surface area contributed by atoms with E-state index in [1.165, 1.54) is 4.90 Å². The van der Waals surface area contributed by atoms with E-state index in [4.69, 9.17) is 0 Å². The van der Waals surface area contributed by atoms with Crippen LogP contribution in [0.4, 0.5) is 21.0 Å². The maximum Gasteiger partial charge on any atom is 0.517 e. The fraction of sp³-hybridized carbons (Fsp3) is 0.125. The number of hydrogen-bond acceptors (Lipinski definition) is 4. The summed E-state index contributed by atoms with van der Waals surface area (Å²) < 4.78 is 9.31. The minimum atomic E-state index is -1.01. The number of ether oxygens (including phenoxy) is 2. The summed E-state index contributed by atoms with van der Waals surface area (Å²) >= 11 is 0.